The molecule has 6 heteroatoms. The van der Waals surface area contributed by atoms with Crippen LogP contribution in [0.25, 0.3) is 0 Å². The van der Waals surface area contributed by atoms with Gasteiger partial charge in [-0.05, 0) is 34.6 Å². The molecule has 0 aromatic carbocycles. The van der Waals surface area contributed by atoms with Gasteiger partial charge in [-0.1, -0.05) is 0 Å². The zero-order valence-electron chi connectivity index (χ0n) is 12.3. The minimum Gasteiger partial charge on any atom is -0.458 e. The third kappa shape index (κ3) is 4.39. The van der Waals surface area contributed by atoms with E-state index in [0.29, 0.717) is 11.3 Å². The number of aromatic nitrogens is 2. The van der Waals surface area contributed by atoms with Gasteiger partial charge in [-0.15, -0.1) is 0 Å². The first-order valence-electron chi connectivity index (χ1n) is 6.14. The van der Waals surface area contributed by atoms with Crippen LogP contribution in [0.4, 0.5) is 0 Å². The molecule has 106 valence electrons. The number of amides is 1. The third-order valence-corrected chi connectivity index (χ3v) is 2.37. The molecule has 1 aromatic heterocycles. The van der Waals surface area contributed by atoms with E-state index in [9.17, 15) is 9.59 Å². The van der Waals surface area contributed by atoms with Crippen molar-refractivity contribution in [3.05, 3.63) is 17.5 Å². The number of ether oxygens (including phenoxy) is 1. The molecular formula is C13H21N3O3. The van der Waals surface area contributed by atoms with Crippen LogP contribution in [0.1, 0.15) is 43.7 Å². The molecule has 0 radical (unpaired) electrons. The lowest BCUT2D eigenvalue weighted by atomic mass is 10.2. The lowest BCUT2D eigenvalue weighted by Crippen LogP contribution is -2.42. The summed E-state index contributed by atoms with van der Waals surface area (Å²) < 4.78 is 6.76. The molecule has 0 aliphatic heterocycles. The molecule has 0 saturated carbocycles. The van der Waals surface area contributed by atoms with Crippen molar-refractivity contribution in [2.45, 2.75) is 46.3 Å². The summed E-state index contributed by atoms with van der Waals surface area (Å²) in [6.45, 7) is 8.69. The summed E-state index contributed by atoms with van der Waals surface area (Å²) in [5.74, 6) is -0.786. The van der Waals surface area contributed by atoms with Gasteiger partial charge in [0.05, 0.1) is 11.3 Å². The maximum Gasteiger partial charge on any atom is 0.328 e. The molecule has 0 bridgehead atoms. The topological polar surface area (TPSA) is 73.2 Å². The van der Waals surface area contributed by atoms with E-state index in [4.69, 9.17) is 4.74 Å². The van der Waals surface area contributed by atoms with Crippen LogP contribution in [-0.4, -0.2) is 33.3 Å². The van der Waals surface area contributed by atoms with E-state index in [1.165, 1.54) is 0 Å². The van der Waals surface area contributed by atoms with E-state index in [1.54, 1.807) is 52.5 Å². The number of hydrogen-bond acceptors (Lipinski definition) is 4. The first-order chi connectivity index (χ1) is 8.60. The van der Waals surface area contributed by atoms with Gasteiger partial charge < -0.3 is 10.1 Å². The van der Waals surface area contributed by atoms with Gasteiger partial charge in [0.2, 0.25) is 0 Å². The molecule has 0 spiro atoms. The zero-order chi connectivity index (χ0) is 14.8. The molecule has 6 nitrogen and oxygen atoms in total. The Labute approximate surface area is 113 Å². The molecule has 1 rings (SSSR count). The molecule has 1 amide bonds. The monoisotopic (exact) mass is 267 g/mol. The molecule has 0 saturated heterocycles. The summed E-state index contributed by atoms with van der Waals surface area (Å²) >= 11 is 0. The number of nitrogens with one attached hydrogen (secondary N) is 1. The maximum atomic E-state index is 12.0. The summed E-state index contributed by atoms with van der Waals surface area (Å²) in [4.78, 5) is 23.7. The Morgan fingerprint density at radius 1 is 1.42 bits per heavy atom. The molecule has 1 atom stereocenters. The van der Waals surface area contributed by atoms with Crippen LogP contribution in [0.3, 0.4) is 0 Å². The van der Waals surface area contributed by atoms with E-state index in [1.807, 2.05) is 0 Å². The molecule has 1 N–H and O–H groups in total. The van der Waals surface area contributed by atoms with E-state index in [-0.39, 0.29) is 5.91 Å². The fourth-order valence-corrected chi connectivity index (χ4v) is 1.55. The van der Waals surface area contributed by atoms with E-state index in [2.05, 4.69) is 10.4 Å². The van der Waals surface area contributed by atoms with Gasteiger partial charge in [-0.25, -0.2) is 4.79 Å². The van der Waals surface area contributed by atoms with Crippen LogP contribution < -0.4 is 5.32 Å². The number of aryl methyl sites for hydroxylation is 2. The molecule has 1 heterocycles. The molecule has 1 aromatic rings. The highest BCUT2D eigenvalue weighted by molar-refractivity contribution is 5.97. The van der Waals surface area contributed by atoms with Gasteiger partial charge in [0, 0.05) is 13.2 Å². The summed E-state index contributed by atoms with van der Waals surface area (Å²) in [5.41, 5.74) is 0.509. The van der Waals surface area contributed by atoms with E-state index >= 15 is 0 Å². The molecular weight excluding hydrogens is 246 g/mol. The predicted molar refractivity (Wildman–Crippen MR) is 70.7 cm³/mol. The number of hydrogen-bond donors (Lipinski definition) is 1. The Hall–Kier alpha value is -1.85. The van der Waals surface area contributed by atoms with Gasteiger partial charge in [-0.2, -0.15) is 5.10 Å². The number of carbonyl (C=O) groups is 2. The predicted octanol–water partition coefficient (Wildman–Crippen LogP) is 1.19. The second kappa shape index (κ2) is 5.42. The van der Waals surface area contributed by atoms with Gasteiger partial charge in [-0.3, -0.25) is 9.48 Å². The van der Waals surface area contributed by atoms with Crippen molar-refractivity contribution in [3.8, 4) is 0 Å². The summed E-state index contributed by atoms with van der Waals surface area (Å²) in [7, 11) is 1.74. The van der Waals surface area contributed by atoms with Gasteiger partial charge in [0.15, 0.2) is 0 Å². The standard InChI is InChI=1S/C13H21N3O3/c1-8-10(7-16(6)15-8)11(17)14-9(2)12(18)19-13(3,4)5/h7,9H,1-6H3,(H,14,17)/t9-/m1/s1. The van der Waals surface area contributed by atoms with Crippen molar-refractivity contribution in [1.82, 2.24) is 15.1 Å². The zero-order valence-corrected chi connectivity index (χ0v) is 12.3. The molecule has 0 aliphatic rings. The second-order valence-corrected chi connectivity index (χ2v) is 5.53. The normalized spacial score (nSPS) is 12.9. The van der Waals surface area contributed by atoms with Crippen LogP contribution in [0.15, 0.2) is 6.20 Å². The van der Waals surface area contributed by atoms with Gasteiger partial charge in [0.1, 0.15) is 11.6 Å². The van der Waals surface area contributed by atoms with Crippen LogP contribution in [0, 0.1) is 6.92 Å². The molecule has 0 aliphatic carbocycles. The highest BCUT2D eigenvalue weighted by atomic mass is 16.6. The first-order valence-corrected chi connectivity index (χ1v) is 6.14. The Morgan fingerprint density at radius 2 is 2.00 bits per heavy atom. The van der Waals surface area contributed by atoms with Crippen molar-refractivity contribution in [2.75, 3.05) is 0 Å². The molecule has 0 fully saturated rings. The summed E-state index contributed by atoms with van der Waals surface area (Å²) in [5, 5.41) is 6.69. The largest absolute Gasteiger partial charge is 0.458 e. The summed E-state index contributed by atoms with van der Waals surface area (Å²) in [6, 6.07) is -0.702. The van der Waals surface area contributed by atoms with E-state index in [0.717, 1.165) is 0 Å². The third-order valence-electron chi connectivity index (χ3n) is 2.37. The Bertz CT molecular complexity index is 486. The summed E-state index contributed by atoms with van der Waals surface area (Å²) in [6.07, 6.45) is 1.62. The molecule has 19 heavy (non-hydrogen) atoms. The number of esters is 1. The minimum atomic E-state index is -0.702. The average molecular weight is 267 g/mol. The Morgan fingerprint density at radius 3 is 2.42 bits per heavy atom. The first kappa shape index (κ1) is 15.2. The minimum absolute atomic E-state index is 0.330. The van der Waals surface area contributed by atoms with Crippen molar-refractivity contribution in [3.63, 3.8) is 0 Å². The number of rotatable bonds is 3. The van der Waals surface area contributed by atoms with Crippen molar-refractivity contribution in [1.29, 1.82) is 0 Å². The van der Waals surface area contributed by atoms with Crippen molar-refractivity contribution >= 4 is 11.9 Å². The van der Waals surface area contributed by atoms with Crippen LogP contribution in [0.5, 0.6) is 0 Å². The highest BCUT2D eigenvalue weighted by Gasteiger charge is 2.24. The van der Waals surface area contributed by atoms with Gasteiger partial charge >= 0.3 is 5.97 Å². The van der Waals surface area contributed by atoms with Gasteiger partial charge in [0.25, 0.3) is 5.91 Å². The smallest absolute Gasteiger partial charge is 0.328 e. The van der Waals surface area contributed by atoms with Crippen molar-refractivity contribution < 1.29 is 14.3 Å². The molecule has 0 unspecified atom stereocenters. The van der Waals surface area contributed by atoms with E-state index < -0.39 is 17.6 Å². The SMILES string of the molecule is Cc1nn(C)cc1C(=O)N[C@H](C)C(=O)OC(C)(C)C. The van der Waals surface area contributed by atoms with Crippen LogP contribution in [0.2, 0.25) is 0 Å². The average Bonchev–Trinajstić information content (AvgIpc) is 2.55. The lowest BCUT2D eigenvalue weighted by molar-refractivity contribution is -0.156. The number of carbonyl (C=O) groups excluding carboxylic acids is 2. The fourth-order valence-electron chi connectivity index (χ4n) is 1.55. The van der Waals surface area contributed by atoms with Crippen molar-refractivity contribution in [2.24, 2.45) is 7.05 Å². The van der Waals surface area contributed by atoms with Crippen LogP contribution >= 0.6 is 0 Å². The highest BCUT2D eigenvalue weighted by Crippen LogP contribution is 2.09. The second-order valence-electron chi connectivity index (χ2n) is 5.53. The maximum absolute atomic E-state index is 12.0. The fraction of sp³-hybridized carbons (Fsp3) is 0.615. The Balaban J connectivity index is 2.67. The quantitative estimate of drug-likeness (QED) is 0.835. The Kier molecular flexibility index (Phi) is 4.34. The van der Waals surface area contributed by atoms with Crippen LogP contribution in [-0.2, 0) is 16.6 Å². The number of nitrogens with zero attached hydrogens (tertiary/aromatic N) is 2. The lowest BCUT2D eigenvalue weighted by Gasteiger charge is -2.22.